The van der Waals surface area contributed by atoms with Crippen molar-refractivity contribution in [2.45, 2.75) is 6.92 Å². The number of aryl methyl sites for hydroxylation is 1. The smallest absolute Gasteiger partial charge is 0.264 e. The average molecular weight is 280 g/mol. The minimum absolute atomic E-state index is 0.0178. The number of thiophene rings is 1. The van der Waals surface area contributed by atoms with Gasteiger partial charge in [-0.1, -0.05) is 11.8 Å². The summed E-state index contributed by atoms with van der Waals surface area (Å²) in [5.74, 6) is 4.92. The van der Waals surface area contributed by atoms with Gasteiger partial charge in [0.25, 0.3) is 5.91 Å². The SMILES string of the molecule is CNC(=O)CN(C)C(=O)c1cc(C)c(C#CCO)s1. The minimum atomic E-state index is -0.218. The fraction of sp³-hybridized carbons (Fsp3) is 0.385. The number of nitrogens with zero attached hydrogens (tertiary/aromatic N) is 1. The molecule has 0 unspecified atom stereocenters. The van der Waals surface area contributed by atoms with Crippen LogP contribution in [0.2, 0.25) is 0 Å². The fourth-order valence-electron chi connectivity index (χ4n) is 1.39. The lowest BCUT2D eigenvalue weighted by Crippen LogP contribution is -2.36. The molecule has 0 saturated carbocycles. The Kier molecular flexibility index (Phi) is 5.55. The summed E-state index contributed by atoms with van der Waals surface area (Å²) >= 11 is 1.26. The van der Waals surface area contributed by atoms with Crippen LogP contribution in [0.3, 0.4) is 0 Å². The van der Waals surface area contributed by atoms with Crippen molar-refractivity contribution >= 4 is 23.2 Å². The number of aliphatic hydroxyl groups excluding tert-OH is 1. The van der Waals surface area contributed by atoms with Crippen molar-refractivity contribution in [1.29, 1.82) is 0 Å². The lowest BCUT2D eigenvalue weighted by Gasteiger charge is -2.14. The van der Waals surface area contributed by atoms with Gasteiger partial charge in [-0.2, -0.15) is 0 Å². The number of rotatable bonds is 3. The zero-order valence-corrected chi connectivity index (χ0v) is 11.9. The third kappa shape index (κ3) is 4.09. The normalized spacial score (nSPS) is 9.47. The van der Waals surface area contributed by atoms with Crippen LogP contribution in [0.25, 0.3) is 0 Å². The predicted molar refractivity (Wildman–Crippen MR) is 74.0 cm³/mol. The number of amides is 2. The Morgan fingerprint density at radius 2 is 2.21 bits per heavy atom. The molecule has 6 heteroatoms. The lowest BCUT2D eigenvalue weighted by atomic mass is 10.2. The lowest BCUT2D eigenvalue weighted by molar-refractivity contribution is -0.121. The van der Waals surface area contributed by atoms with E-state index in [2.05, 4.69) is 17.2 Å². The first-order valence-corrected chi connectivity index (χ1v) is 6.47. The van der Waals surface area contributed by atoms with Gasteiger partial charge in [0.1, 0.15) is 6.61 Å². The third-order valence-electron chi connectivity index (χ3n) is 2.42. The average Bonchev–Trinajstić information content (AvgIpc) is 2.76. The summed E-state index contributed by atoms with van der Waals surface area (Å²) in [6, 6.07) is 1.74. The number of hydrogen-bond acceptors (Lipinski definition) is 4. The second-order valence-electron chi connectivity index (χ2n) is 3.92. The molecule has 2 amide bonds. The maximum atomic E-state index is 12.1. The van der Waals surface area contributed by atoms with Gasteiger partial charge in [-0.15, -0.1) is 11.3 Å². The summed E-state index contributed by atoms with van der Waals surface area (Å²) in [5, 5.41) is 11.1. The molecule has 0 aliphatic carbocycles. The second-order valence-corrected chi connectivity index (χ2v) is 4.97. The van der Waals surface area contributed by atoms with Crippen LogP contribution in [-0.2, 0) is 4.79 Å². The van der Waals surface area contributed by atoms with E-state index >= 15 is 0 Å². The van der Waals surface area contributed by atoms with E-state index in [0.29, 0.717) is 4.88 Å². The van der Waals surface area contributed by atoms with Crippen LogP contribution < -0.4 is 5.32 Å². The summed E-state index contributed by atoms with van der Waals surface area (Å²) in [6.07, 6.45) is 0. The first-order valence-electron chi connectivity index (χ1n) is 5.65. The van der Waals surface area contributed by atoms with E-state index in [9.17, 15) is 9.59 Å². The molecule has 0 fully saturated rings. The van der Waals surface area contributed by atoms with Gasteiger partial charge < -0.3 is 15.3 Å². The van der Waals surface area contributed by atoms with Gasteiger partial charge >= 0.3 is 0 Å². The molecule has 0 aromatic carbocycles. The summed E-state index contributed by atoms with van der Waals surface area (Å²) in [6.45, 7) is 1.66. The first-order chi connectivity index (χ1) is 8.99. The minimum Gasteiger partial charge on any atom is -0.384 e. The Labute approximate surface area is 116 Å². The van der Waals surface area contributed by atoms with Gasteiger partial charge in [-0.25, -0.2) is 0 Å². The Balaban J connectivity index is 2.85. The van der Waals surface area contributed by atoms with E-state index in [-0.39, 0.29) is 25.0 Å². The molecule has 0 aliphatic heterocycles. The zero-order valence-electron chi connectivity index (χ0n) is 11.1. The van der Waals surface area contributed by atoms with E-state index in [1.54, 1.807) is 13.1 Å². The van der Waals surface area contributed by atoms with Gasteiger partial charge in [0.05, 0.1) is 16.3 Å². The molecule has 5 nitrogen and oxygen atoms in total. The Morgan fingerprint density at radius 3 is 2.79 bits per heavy atom. The van der Waals surface area contributed by atoms with Crippen molar-refractivity contribution in [2.24, 2.45) is 0 Å². The van der Waals surface area contributed by atoms with Gasteiger partial charge in [0.2, 0.25) is 5.91 Å². The van der Waals surface area contributed by atoms with Crippen LogP contribution >= 0.6 is 11.3 Å². The highest BCUT2D eigenvalue weighted by atomic mass is 32.1. The number of hydrogen-bond donors (Lipinski definition) is 2. The molecular weight excluding hydrogens is 264 g/mol. The maximum absolute atomic E-state index is 12.1. The maximum Gasteiger partial charge on any atom is 0.264 e. The van der Waals surface area contributed by atoms with Crippen molar-refractivity contribution < 1.29 is 14.7 Å². The van der Waals surface area contributed by atoms with Crippen molar-refractivity contribution in [2.75, 3.05) is 27.2 Å². The van der Waals surface area contributed by atoms with E-state index < -0.39 is 0 Å². The summed E-state index contributed by atoms with van der Waals surface area (Å²) in [4.78, 5) is 26.0. The van der Waals surface area contributed by atoms with Crippen molar-refractivity contribution in [3.8, 4) is 11.8 Å². The van der Waals surface area contributed by atoms with Crippen LogP contribution in [0.5, 0.6) is 0 Å². The molecule has 1 rings (SSSR count). The summed E-state index contributed by atoms with van der Waals surface area (Å²) in [5.41, 5.74) is 0.891. The molecule has 102 valence electrons. The number of carbonyl (C=O) groups is 2. The van der Waals surface area contributed by atoms with Crippen molar-refractivity contribution in [3.05, 3.63) is 21.4 Å². The molecule has 1 aromatic rings. The van der Waals surface area contributed by atoms with Crippen LogP contribution in [0.4, 0.5) is 0 Å². The van der Waals surface area contributed by atoms with E-state index in [4.69, 9.17) is 5.11 Å². The quantitative estimate of drug-likeness (QED) is 0.778. The second kappa shape index (κ2) is 6.92. The van der Waals surface area contributed by atoms with Crippen LogP contribution in [0.15, 0.2) is 6.07 Å². The standard InChI is InChI=1S/C13H16N2O3S/c1-9-7-11(19-10(9)5-4-6-16)13(18)15(3)8-12(17)14-2/h7,16H,6,8H2,1-3H3,(H,14,17). The van der Waals surface area contributed by atoms with Crippen molar-refractivity contribution in [1.82, 2.24) is 10.2 Å². The summed E-state index contributed by atoms with van der Waals surface area (Å²) in [7, 11) is 3.10. The molecule has 1 heterocycles. The van der Waals surface area contributed by atoms with Crippen LogP contribution in [-0.4, -0.2) is 49.1 Å². The molecule has 0 aliphatic rings. The largest absolute Gasteiger partial charge is 0.384 e. The number of aliphatic hydroxyl groups is 1. The molecule has 0 radical (unpaired) electrons. The third-order valence-corrected chi connectivity index (χ3v) is 3.56. The van der Waals surface area contributed by atoms with Crippen molar-refractivity contribution in [3.63, 3.8) is 0 Å². The molecule has 0 spiro atoms. The van der Waals surface area contributed by atoms with Gasteiger partial charge in [0, 0.05) is 14.1 Å². The van der Waals surface area contributed by atoms with Gasteiger partial charge in [-0.3, -0.25) is 9.59 Å². The Hall–Kier alpha value is -1.84. The molecule has 19 heavy (non-hydrogen) atoms. The molecule has 0 atom stereocenters. The molecule has 2 N–H and O–H groups in total. The first kappa shape index (κ1) is 15.2. The number of likely N-dealkylation sites (N-methyl/N-ethyl adjacent to an activating group) is 2. The number of nitrogens with one attached hydrogen (secondary N) is 1. The van der Waals surface area contributed by atoms with Gasteiger partial charge in [0.15, 0.2) is 0 Å². The predicted octanol–water partition coefficient (Wildman–Crippen LogP) is 0.218. The Morgan fingerprint density at radius 1 is 1.53 bits per heavy atom. The van der Waals surface area contributed by atoms with Crippen LogP contribution in [0.1, 0.15) is 20.1 Å². The zero-order chi connectivity index (χ0) is 14.4. The highest BCUT2D eigenvalue weighted by molar-refractivity contribution is 7.14. The number of carbonyl (C=O) groups excluding carboxylic acids is 2. The molecule has 0 saturated heterocycles. The van der Waals surface area contributed by atoms with E-state index in [0.717, 1.165) is 10.4 Å². The highest BCUT2D eigenvalue weighted by Gasteiger charge is 2.17. The summed E-state index contributed by atoms with van der Waals surface area (Å²) < 4.78 is 0. The van der Waals surface area contributed by atoms with Crippen LogP contribution in [0, 0.1) is 18.8 Å². The fourth-order valence-corrected chi connectivity index (χ4v) is 2.43. The topological polar surface area (TPSA) is 69.6 Å². The van der Waals surface area contributed by atoms with Gasteiger partial charge in [-0.05, 0) is 18.6 Å². The highest BCUT2D eigenvalue weighted by Crippen LogP contribution is 2.22. The monoisotopic (exact) mass is 280 g/mol. The molecule has 0 bridgehead atoms. The molecular formula is C13H16N2O3S. The molecule has 1 aromatic heterocycles. The Bertz CT molecular complexity index is 540. The van der Waals surface area contributed by atoms with E-state index in [1.165, 1.54) is 23.3 Å². The van der Waals surface area contributed by atoms with E-state index in [1.807, 2.05) is 6.92 Å².